The largest absolute Gasteiger partial charge is 0.495 e. The van der Waals surface area contributed by atoms with Crippen LogP contribution in [0.5, 0.6) is 5.75 Å². The highest BCUT2D eigenvalue weighted by Crippen LogP contribution is 2.41. The van der Waals surface area contributed by atoms with Crippen molar-refractivity contribution in [3.8, 4) is 17.6 Å². The zero-order valence-corrected chi connectivity index (χ0v) is 39.3. The van der Waals surface area contributed by atoms with Gasteiger partial charge in [0.1, 0.15) is 23.5 Å². The Bertz CT molecular complexity index is 2470. The third kappa shape index (κ3) is 10.2. The normalized spacial score (nSPS) is 21.4. The Kier molecular flexibility index (Phi) is 15.1. The fourth-order valence-electron chi connectivity index (χ4n) is 10.2. The number of hydrogen-bond acceptors (Lipinski definition) is 13. The molecule has 2 atom stereocenters. The molecule has 1 saturated heterocycles. The van der Waals surface area contributed by atoms with Gasteiger partial charge in [0.25, 0.3) is 11.8 Å². The molecule has 2 saturated carbocycles. The summed E-state index contributed by atoms with van der Waals surface area (Å²) in [6.45, 7) is 5.26. The lowest BCUT2D eigenvalue weighted by molar-refractivity contribution is -0.137. The number of imide groups is 1. The maximum absolute atomic E-state index is 13.6. The van der Waals surface area contributed by atoms with Gasteiger partial charge in [0.05, 0.1) is 38.8 Å². The maximum Gasteiger partial charge on any atom is 0.410 e. The first-order chi connectivity index (χ1) is 33.0. The molecule has 5 aliphatic rings. The van der Waals surface area contributed by atoms with Crippen molar-refractivity contribution in [1.29, 1.82) is 0 Å². The summed E-state index contributed by atoms with van der Waals surface area (Å²) in [6.07, 6.45) is 9.85. The molecule has 4 heterocycles. The Morgan fingerprint density at radius 3 is 2.51 bits per heavy atom. The van der Waals surface area contributed by atoms with E-state index in [1.807, 2.05) is 13.0 Å². The number of carbonyl (C=O) groups excluding carboxylic acids is 6. The quantitative estimate of drug-likeness (QED) is 0.0987. The lowest BCUT2D eigenvalue weighted by atomic mass is 9.90. The second-order valence-corrected chi connectivity index (χ2v) is 17.9. The van der Waals surface area contributed by atoms with Crippen molar-refractivity contribution >= 4 is 58.8 Å². The first-order valence-corrected chi connectivity index (χ1v) is 23.9. The Balaban J connectivity index is 0.814. The smallest absolute Gasteiger partial charge is 0.410 e. The number of likely N-dealkylation sites (N-methyl/N-ethyl adjacent to an activating group) is 1. The van der Waals surface area contributed by atoms with Crippen LogP contribution in [0.1, 0.15) is 123 Å². The summed E-state index contributed by atoms with van der Waals surface area (Å²) in [4.78, 5) is 93.9. The second kappa shape index (κ2) is 21.5. The van der Waals surface area contributed by atoms with Gasteiger partial charge in [-0.15, -0.1) is 0 Å². The van der Waals surface area contributed by atoms with Gasteiger partial charge in [0.2, 0.25) is 23.7 Å². The monoisotopic (exact) mass is 931 g/mol. The molecule has 3 N–H and O–H groups in total. The molecule has 0 spiro atoms. The number of nitrogens with zero attached hydrogens (tertiary/aromatic N) is 6. The van der Waals surface area contributed by atoms with E-state index in [1.165, 1.54) is 4.90 Å². The zero-order valence-electron chi connectivity index (χ0n) is 39.3. The molecule has 1 aromatic heterocycles. The van der Waals surface area contributed by atoms with E-state index in [1.54, 1.807) is 67.4 Å². The van der Waals surface area contributed by atoms with E-state index in [2.05, 4.69) is 37.7 Å². The van der Waals surface area contributed by atoms with Crippen LogP contribution < -0.4 is 30.5 Å². The van der Waals surface area contributed by atoms with Crippen molar-refractivity contribution in [2.45, 2.75) is 128 Å². The number of piperidine rings is 1. The van der Waals surface area contributed by atoms with Gasteiger partial charge in [0.15, 0.2) is 5.82 Å². The number of rotatable bonds is 15. The van der Waals surface area contributed by atoms with Crippen LogP contribution >= 0.6 is 0 Å². The lowest BCUT2D eigenvalue weighted by Crippen LogP contribution is -2.55. The van der Waals surface area contributed by atoms with Gasteiger partial charge in [-0.25, -0.2) is 9.78 Å². The van der Waals surface area contributed by atoms with Crippen LogP contribution in [0, 0.1) is 11.8 Å². The molecule has 68 heavy (non-hydrogen) atoms. The third-order valence-electron chi connectivity index (χ3n) is 13.8. The first-order valence-electron chi connectivity index (χ1n) is 23.9. The number of ether oxygens (including phenoxy) is 3. The molecule has 18 nitrogen and oxygen atoms in total. The van der Waals surface area contributed by atoms with Gasteiger partial charge in [-0.05, 0) is 94.2 Å². The van der Waals surface area contributed by atoms with Crippen molar-refractivity contribution in [2.75, 3.05) is 55.6 Å². The first kappa shape index (κ1) is 47.7. The van der Waals surface area contributed by atoms with Gasteiger partial charge in [-0.1, -0.05) is 37.7 Å². The second-order valence-electron chi connectivity index (χ2n) is 17.9. The van der Waals surface area contributed by atoms with E-state index in [4.69, 9.17) is 19.2 Å². The van der Waals surface area contributed by atoms with Gasteiger partial charge in [-0.2, -0.15) is 4.98 Å². The molecule has 8 rings (SSSR count). The summed E-state index contributed by atoms with van der Waals surface area (Å²) in [5.41, 5.74) is 3.70. The molecule has 18 heteroatoms. The fraction of sp³-hybridized carbons (Fsp3) is 0.520. The highest BCUT2D eigenvalue weighted by Gasteiger charge is 2.42. The van der Waals surface area contributed by atoms with Crippen molar-refractivity contribution in [1.82, 2.24) is 30.4 Å². The Labute approximate surface area is 396 Å². The summed E-state index contributed by atoms with van der Waals surface area (Å²) in [5, 5.41) is 8.79. The molecule has 3 aromatic rings. The minimum absolute atomic E-state index is 0.0512. The summed E-state index contributed by atoms with van der Waals surface area (Å²) in [7, 11) is 3.32. The number of methoxy groups -OCH3 is 1. The number of nitrogens with one attached hydrogen (secondary N) is 3. The molecule has 3 aliphatic heterocycles. The zero-order chi connectivity index (χ0) is 47.9. The van der Waals surface area contributed by atoms with Crippen LogP contribution in [0.4, 0.5) is 27.9 Å². The highest BCUT2D eigenvalue weighted by atomic mass is 16.6. The van der Waals surface area contributed by atoms with Crippen molar-refractivity contribution in [3.05, 3.63) is 64.8 Å². The van der Waals surface area contributed by atoms with E-state index < -0.39 is 18.0 Å². The van der Waals surface area contributed by atoms with E-state index in [0.717, 1.165) is 37.1 Å². The van der Waals surface area contributed by atoms with Crippen LogP contribution in [0.2, 0.25) is 0 Å². The Morgan fingerprint density at radius 1 is 0.985 bits per heavy atom. The van der Waals surface area contributed by atoms with Gasteiger partial charge < -0.3 is 44.4 Å². The van der Waals surface area contributed by atoms with Crippen LogP contribution in [-0.4, -0.2) is 126 Å². The summed E-state index contributed by atoms with van der Waals surface area (Å²) in [6, 6.07) is 9.64. The molecular weight excluding hydrogens is 871 g/mol. The Morgan fingerprint density at radius 2 is 1.78 bits per heavy atom. The molecule has 6 amide bonds. The summed E-state index contributed by atoms with van der Waals surface area (Å²) < 4.78 is 17.1. The predicted octanol–water partition coefficient (Wildman–Crippen LogP) is 5.45. The third-order valence-corrected chi connectivity index (χ3v) is 13.8. The number of carbonyl (C=O) groups is 6. The minimum atomic E-state index is -0.693. The number of hydrogen-bond donors (Lipinski definition) is 3. The molecule has 0 bridgehead atoms. The molecule has 0 radical (unpaired) electrons. The average Bonchev–Trinajstić information content (AvgIpc) is 4.00. The molecule has 2 aliphatic carbocycles. The van der Waals surface area contributed by atoms with Crippen molar-refractivity contribution < 1.29 is 43.0 Å². The Hall–Kier alpha value is -6.74. The number of amides is 6. The SMILES string of the molecule is CCOC(=O)N(CCOCCC#Cc1cccc2c1CN(C1CCC(=O)NC1=O)C2=O)C1CCC(NC(=O)c2ccc(Nc3ncc4c(n3)N(C3CCCC3)[C@H](CC)C(=O)N4C)c(OC)c2)CC1. The van der Waals surface area contributed by atoms with Crippen LogP contribution in [0.15, 0.2) is 42.6 Å². The predicted molar refractivity (Wildman–Crippen MR) is 253 cm³/mol. The molecular formula is C50H61N9O9. The molecule has 3 fully saturated rings. The van der Waals surface area contributed by atoms with E-state index in [9.17, 15) is 28.8 Å². The molecule has 360 valence electrons. The van der Waals surface area contributed by atoms with Gasteiger partial charge in [0, 0.05) is 67.8 Å². The summed E-state index contributed by atoms with van der Waals surface area (Å²) in [5.74, 6) is 6.63. The maximum atomic E-state index is 13.6. The standard InChI is InChI=1S/C50H61N9O9/c1-5-39-48(64)56(3)41-29-51-49(55-44(41)59(39)35-14-7-8-15-35)53-38-22-17-32(28-42(38)66-4)45(61)52-33-18-20-34(21-19-33)57(50(65)68-6-2)25-27-67-26-10-9-12-31-13-11-16-36-37(31)30-58(47(36)63)40-23-24-43(60)54-46(40)62/h11,13,16-17,22,28-29,33-35,39-40H,5-8,10,14-15,18-21,23-27,30H2,1-4H3,(H,52,61)(H,51,53,55)(H,54,60,62)/t33?,34?,39-,40?/m1/s1. The number of aromatic nitrogens is 2. The van der Waals surface area contributed by atoms with Crippen molar-refractivity contribution in [2.24, 2.45) is 0 Å². The number of benzene rings is 2. The molecule has 1 unspecified atom stereocenters. The van der Waals surface area contributed by atoms with E-state index in [0.29, 0.717) is 97.9 Å². The number of anilines is 4. The van der Waals surface area contributed by atoms with Gasteiger partial charge in [-0.3, -0.25) is 29.3 Å². The van der Waals surface area contributed by atoms with E-state index >= 15 is 0 Å². The van der Waals surface area contributed by atoms with Crippen LogP contribution in [0.3, 0.4) is 0 Å². The van der Waals surface area contributed by atoms with Crippen molar-refractivity contribution in [3.63, 3.8) is 0 Å². The van der Waals surface area contributed by atoms with Gasteiger partial charge >= 0.3 is 6.09 Å². The van der Waals surface area contributed by atoms with Crippen LogP contribution in [0.25, 0.3) is 0 Å². The van der Waals surface area contributed by atoms with E-state index in [-0.39, 0.29) is 74.0 Å². The topological polar surface area (TPSA) is 205 Å². The highest BCUT2D eigenvalue weighted by molar-refractivity contribution is 6.06. The summed E-state index contributed by atoms with van der Waals surface area (Å²) >= 11 is 0. The van der Waals surface area contributed by atoms with Crippen LogP contribution in [-0.2, 0) is 30.4 Å². The lowest BCUT2D eigenvalue weighted by Gasteiger charge is -2.43. The molecule has 2 aromatic carbocycles. The fourth-order valence-corrected chi connectivity index (χ4v) is 10.2. The minimum Gasteiger partial charge on any atom is -0.495 e. The average molecular weight is 932 g/mol. The number of fused-ring (bicyclic) bond motifs is 2.